The first-order valence-electron chi connectivity index (χ1n) is 6.44. The van der Waals surface area contributed by atoms with E-state index < -0.39 is 11.5 Å². The molecule has 0 bridgehead atoms. The molecule has 5 nitrogen and oxygen atoms in total. The van der Waals surface area contributed by atoms with E-state index in [1.165, 1.54) is 0 Å². The molecule has 1 unspecified atom stereocenters. The van der Waals surface area contributed by atoms with E-state index in [9.17, 15) is 9.90 Å². The summed E-state index contributed by atoms with van der Waals surface area (Å²) in [5, 5.41) is 18.7. The standard InChI is InChI=1S/C15H13N3O2/c16-8-11-3-5-12(6-4-11)15(14(19)20)7-1-2-13-9-17-10-18(13)15/h3-6,9-10H,1-2,7H2,(H,19,20). The molecule has 3 rings (SSSR count). The van der Waals surface area contributed by atoms with Crippen molar-refractivity contribution in [1.82, 2.24) is 9.55 Å². The zero-order chi connectivity index (χ0) is 14.2. The number of aryl methyl sites for hydroxylation is 1. The van der Waals surface area contributed by atoms with Crippen LogP contribution in [0.4, 0.5) is 0 Å². The van der Waals surface area contributed by atoms with E-state index in [-0.39, 0.29) is 0 Å². The van der Waals surface area contributed by atoms with Crippen LogP contribution in [-0.4, -0.2) is 20.6 Å². The highest BCUT2D eigenvalue weighted by Gasteiger charge is 2.44. The van der Waals surface area contributed by atoms with Crippen LogP contribution in [0, 0.1) is 11.3 Å². The Morgan fingerprint density at radius 1 is 1.40 bits per heavy atom. The van der Waals surface area contributed by atoms with E-state index in [4.69, 9.17) is 5.26 Å². The van der Waals surface area contributed by atoms with Crippen molar-refractivity contribution in [3.63, 3.8) is 0 Å². The van der Waals surface area contributed by atoms with Gasteiger partial charge in [0.1, 0.15) is 0 Å². The first kappa shape index (κ1) is 12.4. The Labute approximate surface area is 116 Å². The Balaban J connectivity index is 2.20. The number of aliphatic carboxylic acids is 1. The van der Waals surface area contributed by atoms with Gasteiger partial charge >= 0.3 is 5.97 Å². The fourth-order valence-corrected chi connectivity index (χ4v) is 2.93. The van der Waals surface area contributed by atoms with Crippen LogP contribution < -0.4 is 0 Å². The maximum Gasteiger partial charge on any atom is 0.334 e. The minimum Gasteiger partial charge on any atom is -0.479 e. The van der Waals surface area contributed by atoms with Crippen LogP contribution in [0.5, 0.6) is 0 Å². The molecule has 5 heteroatoms. The van der Waals surface area contributed by atoms with Crippen LogP contribution in [0.15, 0.2) is 36.8 Å². The average Bonchev–Trinajstić information content (AvgIpc) is 2.95. The Bertz CT molecular complexity index is 697. The predicted molar refractivity (Wildman–Crippen MR) is 71.0 cm³/mol. The number of hydrogen-bond acceptors (Lipinski definition) is 3. The third-order valence-corrected chi connectivity index (χ3v) is 3.94. The Morgan fingerprint density at radius 3 is 2.80 bits per heavy atom. The summed E-state index contributed by atoms with van der Waals surface area (Å²) in [4.78, 5) is 16.1. The van der Waals surface area contributed by atoms with Gasteiger partial charge in [-0.05, 0) is 37.0 Å². The second-order valence-electron chi connectivity index (χ2n) is 4.96. The second kappa shape index (κ2) is 4.49. The topological polar surface area (TPSA) is 78.9 Å². The number of carbonyl (C=O) groups is 1. The molecule has 0 amide bonds. The Morgan fingerprint density at radius 2 is 2.15 bits per heavy atom. The van der Waals surface area contributed by atoms with Gasteiger partial charge < -0.3 is 9.67 Å². The molecule has 2 aromatic rings. The van der Waals surface area contributed by atoms with Crippen LogP contribution >= 0.6 is 0 Å². The zero-order valence-electron chi connectivity index (χ0n) is 10.8. The van der Waals surface area contributed by atoms with Gasteiger partial charge in [0, 0.05) is 11.9 Å². The van der Waals surface area contributed by atoms with Crippen molar-refractivity contribution in [3.05, 3.63) is 53.6 Å². The molecule has 0 saturated heterocycles. The highest BCUT2D eigenvalue weighted by Crippen LogP contribution is 2.37. The fourth-order valence-electron chi connectivity index (χ4n) is 2.93. The molecular formula is C15H13N3O2. The third-order valence-electron chi connectivity index (χ3n) is 3.94. The van der Waals surface area contributed by atoms with Crippen LogP contribution in [0.25, 0.3) is 0 Å². The summed E-state index contributed by atoms with van der Waals surface area (Å²) in [7, 11) is 0. The van der Waals surface area contributed by atoms with Gasteiger partial charge in [-0.15, -0.1) is 0 Å². The summed E-state index contributed by atoms with van der Waals surface area (Å²) in [6, 6.07) is 8.81. The molecule has 1 aromatic carbocycles. The van der Waals surface area contributed by atoms with Crippen molar-refractivity contribution in [2.45, 2.75) is 24.8 Å². The number of hydrogen-bond donors (Lipinski definition) is 1. The molecule has 0 radical (unpaired) electrons. The zero-order valence-corrected chi connectivity index (χ0v) is 10.8. The van der Waals surface area contributed by atoms with Crippen molar-refractivity contribution in [3.8, 4) is 6.07 Å². The van der Waals surface area contributed by atoms with Gasteiger partial charge in [0.25, 0.3) is 0 Å². The number of nitriles is 1. The number of imidazole rings is 1. The first-order chi connectivity index (χ1) is 9.68. The Kier molecular flexibility index (Phi) is 2.79. The molecule has 0 aliphatic carbocycles. The molecule has 1 aliphatic heterocycles. The number of aromatic nitrogens is 2. The molecule has 1 aliphatic rings. The second-order valence-corrected chi connectivity index (χ2v) is 4.96. The minimum absolute atomic E-state index is 0.524. The van der Waals surface area contributed by atoms with Crippen LogP contribution in [0.2, 0.25) is 0 Å². The van der Waals surface area contributed by atoms with Gasteiger partial charge in [0.05, 0.1) is 18.0 Å². The molecule has 100 valence electrons. The molecular weight excluding hydrogens is 254 g/mol. The predicted octanol–water partition coefficient (Wildman–Crippen LogP) is 1.92. The quantitative estimate of drug-likeness (QED) is 0.901. The number of carboxylic acid groups (broad SMARTS) is 1. The van der Waals surface area contributed by atoms with E-state index in [1.54, 1.807) is 41.4 Å². The average molecular weight is 267 g/mol. The molecule has 1 aromatic heterocycles. The summed E-state index contributed by atoms with van der Waals surface area (Å²) >= 11 is 0. The highest BCUT2D eigenvalue weighted by atomic mass is 16.4. The normalized spacial score (nSPS) is 20.9. The summed E-state index contributed by atoms with van der Waals surface area (Å²) in [6.45, 7) is 0. The fraction of sp³-hybridized carbons (Fsp3) is 0.267. The van der Waals surface area contributed by atoms with Crippen LogP contribution in [-0.2, 0) is 16.8 Å². The summed E-state index contributed by atoms with van der Waals surface area (Å²) in [6.07, 6.45) is 5.47. The maximum atomic E-state index is 12.0. The van der Waals surface area contributed by atoms with Crippen molar-refractivity contribution < 1.29 is 9.90 Å². The molecule has 0 spiro atoms. The van der Waals surface area contributed by atoms with E-state index in [2.05, 4.69) is 4.98 Å². The number of rotatable bonds is 2. The summed E-state index contributed by atoms with van der Waals surface area (Å²) < 4.78 is 1.75. The van der Waals surface area contributed by atoms with E-state index in [0.717, 1.165) is 18.5 Å². The Hall–Kier alpha value is -2.61. The maximum absolute atomic E-state index is 12.0. The SMILES string of the molecule is N#Cc1ccc(C2(C(=O)O)CCCc3cncn32)cc1. The molecule has 20 heavy (non-hydrogen) atoms. The number of carboxylic acids is 1. The summed E-state index contributed by atoms with van der Waals surface area (Å²) in [5.74, 6) is -0.888. The largest absolute Gasteiger partial charge is 0.479 e. The van der Waals surface area contributed by atoms with E-state index in [0.29, 0.717) is 17.5 Å². The third kappa shape index (κ3) is 1.62. The highest BCUT2D eigenvalue weighted by molar-refractivity contribution is 5.81. The molecule has 2 heterocycles. The van der Waals surface area contributed by atoms with Crippen LogP contribution in [0.1, 0.15) is 29.7 Å². The van der Waals surface area contributed by atoms with E-state index >= 15 is 0 Å². The summed E-state index contributed by atoms with van der Waals surface area (Å²) in [5.41, 5.74) is 1.03. The lowest BCUT2D eigenvalue weighted by Crippen LogP contribution is -2.45. The number of fused-ring (bicyclic) bond motifs is 1. The van der Waals surface area contributed by atoms with Gasteiger partial charge in [-0.3, -0.25) is 0 Å². The number of nitrogens with zero attached hydrogens (tertiary/aromatic N) is 3. The van der Waals surface area contributed by atoms with Gasteiger partial charge in [-0.25, -0.2) is 9.78 Å². The van der Waals surface area contributed by atoms with Gasteiger partial charge in [-0.1, -0.05) is 12.1 Å². The molecule has 1 atom stereocenters. The molecule has 0 fully saturated rings. The van der Waals surface area contributed by atoms with Gasteiger partial charge in [0.15, 0.2) is 5.54 Å². The lowest BCUT2D eigenvalue weighted by molar-refractivity contribution is -0.146. The van der Waals surface area contributed by atoms with Crippen molar-refractivity contribution >= 4 is 5.97 Å². The van der Waals surface area contributed by atoms with Crippen molar-refractivity contribution in [2.24, 2.45) is 0 Å². The lowest BCUT2D eigenvalue weighted by Gasteiger charge is -2.36. The molecule has 0 saturated carbocycles. The molecule has 1 N–H and O–H groups in total. The van der Waals surface area contributed by atoms with Crippen LogP contribution in [0.3, 0.4) is 0 Å². The van der Waals surface area contributed by atoms with Crippen molar-refractivity contribution in [1.29, 1.82) is 5.26 Å². The number of benzene rings is 1. The smallest absolute Gasteiger partial charge is 0.334 e. The monoisotopic (exact) mass is 267 g/mol. The lowest BCUT2D eigenvalue weighted by atomic mass is 9.81. The van der Waals surface area contributed by atoms with E-state index in [1.807, 2.05) is 6.07 Å². The van der Waals surface area contributed by atoms with Crippen molar-refractivity contribution in [2.75, 3.05) is 0 Å². The first-order valence-corrected chi connectivity index (χ1v) is 6.44. The van der Waals surface area contributed by atoms with Gasteiger partial charge in [-0.2, -0.15) is 5.26 Å². The minimum atomic E-state index is -1.11. The van der Waals surface area contributed by atoms with Gasteiger partial charge in [0.2, 0.25) is 0 Å².